The first kappa shape index (κ1) is 22.4. The van der Waals surface area contributed by atoms with Gasteiger partial charge in [-0.05, 0) is 29.8 Å². The highest BCUT2D eigenvalue weighted by Gasteiger charge is 2.41. The molecule has 0 radical (unpaired) electrons. The fraction of sp³-hybridized carbons (Fsp3) is 0.300. The molecule has 1 aliphatic rings. The molecule has 166 valence electrons. The van der Waals surface area contributed by atoms with Gasteiger partial charge in [0.05, 0.1) is 24.2 Å². The third-order valence-corrected chi connectivity index (χ3v) is 4.60. The van der Waals surface area contributed by atoms with E-state index in [0.29, 0.717) is 18.2 Å². The molecule has 2 aromatic rings. The fourth-order valence-corrected chi connectivity index (χ4v) is 3.24. The van der Waals surface area contributed by atoms with Crippen LogP contribution >= 0.6 is 0 Å². The van der Waals surface area contributed by atoms with Crippen molar-refractivity contribution in [2.45, 2.75) is 25.4 Å². The van der Waals surface area contributed by atoms with E-state index in [1.54, 1.807) is 0 Å². The lowest BCUT2D eigenvalue weighted by molar-refractivity contribution is -0.142. The molecule has 0 aliphatic carbocycles. The molecule has 31 heavy (non-hydrogen) atoms. The topological polar surface area (TPSA) is 58.6 Å². The van der Waals surface area contributed by atoms with Crippen molar-refractivity contribution >= 4 is 17.7 Å². The van der Waals surface area contributed by atoms with Crippen molar-refractivity contribution in [2.24, 2.45) is 0 Å². The number of anilines is 1. The summed E-state index contributed by atoms with van der Waals surface area (Å²) in [6.45, 7) is 1.43. The summed E-state index contributed by atoms with van der Waals surface area (Å²) in [5, 5.41) is 2.50. The summed E-state index contributed by atoms with van der Waals surface area (Å²) in [7, 11) is 0. The van der Waals surface area contributed by atoms with Crippen LogP contribution < -0.4 is 10.2 Å². The Kier molecular flexibility index (Phi) is 5.88. The van der Waals surface area contributed by atoms with Gasteiger partial charge in [-0.3, -0.25) is 9.69 Å². The van der Waals surface area contributed by atoms with Gasteiger partial charge in [0.25, 0.3) is 0 Å². The molecular formula is C20H16F6N2O3. The fourth-order valence-electron chi connectivity index (χ4n) is 3.24. The van der Waals surface area contributed by atoms with Crippen molar-refractivity contribution in [2.75, 3.05) is 18.0 Å². The van der Waals surface area contributed by atoms with Crippen molar-refractivity contribution < 1.29 is 40.7 Å². The number of nitrogens with zero attached hydrogens (tertiary/aromatic N) is 1. The zero-order chi connectivity index (χ0) is 23.0. The molecule has 1 N–H and O–H groups in total. The lowest BCUT2D eigenvalue weighted by Crippen LogP contribution is -2.33. The third kappa shape index (κ3) is 4.92. The maximum atomic E-state index is 13.4. The van der Waals surface area contributed by atoms with E-state index in [2.05, 4.69) is 5.32 Å². The molecule has 1 unspecified atom stereocenters. The summed E-state index contributed by atoms with van der Waals surface area (Å²) in [5.74, 6) is -0.317. The van der Waals surface area contributed by atoms with E-state index >= 15 is 0 Å². The lowest BCUT2D eigenvalue weighted by atomic mass is 9.93. The van der Waals surface area contributed by atoms with Gasteiger partial charge < -0.3 is 10.1 Å². The van der Waals surface area contributed by atoms with Crippen LogP contribution in [0.25, 0.3) is 11.1 Å². The number of carbonyl (C=O) groups is 2. The van der Waals surface area contributed by atoms with E-state index in [1.807, 2.05) is 0 Å². The third-order valence-electron chi connectivity index (χ3n) is 4.60. The number of nitrogens with one attached hydrogen (secondary N) is 1. The zero-order valence-corrected chi connectivity index (χ0v) is 16.0. The van der Waals surface area contributed by atoms with Crippen LogP contribution in [0.2, 0.25) is 0 Å². The van der Waals surface area contributed by atoms with Crippen LogP contribution in [-0.2, 0) is 21.9 Å². The van der Waals surface area contributed by atoms with Gasteiger partial charge in [-0.2, -0.15) is 26.3 Å². The maximum Gasteiger partial charge on any atom is 0.417 e. The Morgan fingerprint density at radius 1 is 1.03 bits per heavy atom. The van der Waals surface area contributed by atoms with Crippen LogP contribution in [0.15, 0.2) is 42.5 Å². The Labute approximate surface area is 172 Å². The van der Waals surface area contributed by atoms with Crippen LogP contribution in [0.1, 0.15) is 18.1 Å². The van der Waals surface area contributed by atoms with Gasteiger partial charge in [-0.15, -0.1) is 0 Å². The second-order valence-corrected chi connectivity index (χ2v) is 6.82. The van der Waals surface area contributed by atoms with Crippen LogP contribution in [0.3, 0.4) is 0 Å². The van der Waals surface area contributed by atoms with Gasteiger partial charge in [0, 0.05) is 18.2 Å². The predicted molar refractivity (Wildman–Crippen MR) is 98.2 cm³/mol. The highest BCUT2D eigenvalue weighted by atomic mass is 19.4. The second kappa shape index (κ2) is 8.12. The van der Waals surface area contributed by atoms with E-state index in [4.69, 9.17) is 4.74 Å². The molecule has 1 atom stereocenters. The summed E-state index contributed by atoms with van der Waals surface area (Å²) in [6.07, 6.45) is -11.4. The molecule has 11 heteroatoms. The second-order valence-electron chi connectivity index (χ2n) is 6.82. The van der Waals surface area contributed by atoms with E-state index in [-0.39, 0.29) is 30.2 Å². The number of cyclic esters (lactones) is 1. The first-order valence-corrected chi connectivity index (χ1v) is 8.98. The molecule has 1 aliphatic heterocycles. The van der Waals surface area contributed by atoms with E-state index in [9.17, 15) is 35.9 Å². The van der Waals surface area contributed by atoms with E-state index in [1.165, 1.54) is 24.0 Å². The van der Waals surface area contributed by atoms with Gasteiger partial charge >= 0.3 is 18.4 Å². The molecule has 1 saturated heterocycles. The lowest BCUT2D eigenvalue weighted by Gasteiger charge is -2.20. The molecule has 5 nitrogen and oxygen atoms in total. The summed E-state index contributed by atoms with van der Waals surface area (Å²) >= 11 is 0. The number of rotatable bonds is 4. The Balaban J connectivity index is 1.94. The van der Waals surface area contributed by atoms with Crippen molar-refractivity contribution in [1.82, 2.24) is 5.32 Å². The monoisotopic (exact) mass is 446 g/mol. The van der Waals surface area contributed by atoms with Gasteiger partial charge in [0.1, 0.15) is 6.10 Å². The molecule has 1 fully saturated rings. The van der Waals surface area contributed by atoms with E-state index in [0.717, 1.165) is 12.1 Å². The number of carbonyl (C=O) groups excluding carboxylic acids is 2. The van der Waals surface area contributed by atoms with E-state index < -0.39 is 41.2 Å². The van der Waals surface area contributed by atoms with Crippen LogP contribution in [-0.4, -0.2) is 31.2 Å². The quantitative estimate of drug-likeness (QED) is 0.683. The van der Waals surface area contributed by atoms with Gasteiger partial charge in [-0.25, -0.2) is 4.79 Å². The number of hydrogen-bond acceptors (Lipinski definition) is 3. The number of hydrogen-bond donors (Lipinski definition) is 1. The minimum absolute atomic E-state index is 0.0609. The van der Waals surface area contributed by atoms with Crippen molar-refractivity contribution in [3.8, 4) is 11.1 Å². The Hall–Kier alpha value is -3.24. The Morgan fingerprint density at radius 2 is 1.58 bits per heavy atom. The highest BCUT2D eigenvalue weighted by Crippen LogP contribution is 2.44. The van der Waals surface area contributed by atoms with Crippen LogP contribution in [0.4, 0.5) is 36.8 Å². The summed E-state index contributed by atoms with van der Waals surface area (Å²) in [4.78, 5) is 24.2. The normalized spacial score (nSPS) is 16.9. The summed E-state index contributed by atoms with van der Waals surface area (Å²) < 4.78 is 85.4. The standard InChI is InChI=1S/C20H16F6N2O3/c1-11(29)27-9-14-10-28(18(30)31-14)13-7-5-12(6-8-13)17-15(19(21,22)23)3-2-4-16(17)20(24,25)26/h2-8,14H,9-10H2,1H3,(H,27,29). The number of benzene rings is 2. The molecule has 0 bridgehead atoms. The first-order chi connectivity index (χ1) is 14.4. The summed E-state index contributed by atoms with van der Waals surface area (Å²) in [6, 6.07) is 6.54. The molecule has 0 saturated carbocycles. The van der Waals surface area contributed by atoms with Crippen molar-refractivity contribution in [3.63, 3.8) is 0 Å². The minimum Gasteiger partial charge on any atom is -0.442 e. The van der Waals surface area contributed by atoms with Gasteiger partial charge in [0.2, 0.25) is 5.91 Å². The van der Waals surface area contributed by atoms with Crippen molar-refractivity contribution in [3.05, 3.63) is 53.6 Å². The van der Waals surface area contributed by atoms with Crippen LogP contribution in [0.5, 0.6) is 0 Å². The smallest absolute Gasteiger partial charge is 0.417 e. The molecule has 0 spiro atoms. The maximum absolute atomic E-state index is 13.4. The molecule has 3 rings (SSSR count). The average Bonchev–Trinajstić information content (AvgIpc) is 3.05. The molecule has 2 amide bonds. The number of ether oxygens (including phenoxy) is 1. The SMILES string of the molecule is CC(=O)NCC1CN(c2ccc(-c3c(C(F)(F)F)cccc3C(F)(F)F)cc2)C(=O)O1. The van der Waals surface area contributed by atoms with Gasteiger partial charge in [0.15, 0.2) is 0 Å². The summed E-state index contributed by atoms with van der Waals surface area (Å²) in [5.41, 5.74) is -3.87. The average molecular weight is 446 g/mol. The van der Waals surface area contributed by atoms with Gasteiger partial charge in [-0.1, -0.05) is 18.2 Å². The zero-order valence-electron chi connectivity index (χ0n) is 16.0. The number of halogens is 6. The van der Waals surface area contributed by atoms with Crippen LogP contribution in [0, 0.1) is 0 Å². The number of amides is 2. The molecule has 0 aromatic heterocycles. The number of alkyl halides is 6. The highest BCUT2D eigenvalue weighted by molar-refractivity contribution is 5.90. The Morgan fingerprint density at radius 3 is 2.06 bits per heavy atom. The Bertz CT molecular complexity index is 954. The largest absolute Gasteiger partial charge is 0.442 e. The van der Waals surface area contributed by atoms with Crippen molar-refractivity contribution in [1.29, 1.82) is 0 Å². The first-order valence-electron chi connectivity index (χ1n) is 8.98. The molecular weight excluding hydrogens is 430 g/mol. The molecule has 1 heterocycles. The molecule has 2 aromatic carbocycles. The minimum atomic E-state index is -5.00. The predicted octanol–water partition coefficient (Wildman–Crippen LogP) is 4.85.